The van der Waals surface area contributed by atoms with E-state index in [1.165, 1.54) is 0 Å². The Morgan fingerprint density at radius 2 is 1.68 bits per heavy atom. The first kappa shape index (κ1) is 21.4. The minimum atomic E-state index is -3.66. The standard InChI is InChI=1S/C21H26N6O3S/c1-12-13(2)23-19-11-16(5-6-18(19)22-12)21(28)27-9-7-17(8-10-27)26-31(29,30)20-14(3)24-25-15(20)4/h5-6,11,17,26H,7-10H2,1-4H3,(H,24,25). The summed E-state index contributed by atoms with van der Waals surface area (Å²) in [6, 6.07) is 5.14. The van der Waals surface area contributed by atoms with E-state index in [0.29, 0.717) is 48.4 Å². The summed E-state index contributed by atoms with van der Waals surface area (Å²) in [5.74, 6) is -0.0789. The lowest BCUT2D eigenvalue weighted by Gasteiger charge is -2.32. The first-order chi connectivity index (χ1) is 14.7. The van der Waals surface area contributed by atoms with E-state index in [4.69, 9.17) is 0 Å². The van der Waals surface area contributed by atoms with Crippen LogP contribution in [0.4, 0.5) is 0 Å². The molecule has 0 saturated carbocycles. The molecule has 31 heavy (non-hydrogen) atoms. The molecule has 1 saturated heterocycles. The van der Waals surface area contributed by atoms with Crippen molar-refractivity contribution in [3.8, 4) is 0 Å². The van der Waals surface area contributed by atoms with Gasteiger partial charge in [0.05, 0.1) is 33.8 Å². The van der Waals surface area contributed by atoms with Crippen molar-refractivity contribution in [1.29, 1.82) is 0 Å². The SMILES string of the molecule is Cc1nc2ccc(C(=O)N3CCC(NS(=O)(=O)c4c(C)n[nH]c4C)CC3)cc2nc1C. The van der Waals surface area contributed by atoms with Gasteiger partial charge in [-0.2, -0.15) is 5.10 Å². The molecular formula is C21H26N6O3S. The number of nitrogens with zero attached hydrogens (tertiary/aromatic N) is 4. The van der Waals surface area contributed by atoms with Crippen molar-refractivity contribution in [2.24, 2.45) is 0 Å². The monoisotopic (exact) mass is 442 g/mol. The number of aromatic nitrogens is 4. The van der Waals surface area contributed by atoms with Crippen LogP contribution in [0.2, 0.25) is 0 Å². The van der Waals surface area contributed by atoms with Gasteiger partial charge in [-0.15, -0.1) is 0 Å². The van der Waals surface area contributed by atoms with Gasteiger partial charge in [-0.05, 0) is 58.7 Å². The number of likely N-dealkylation sites (tertiary alicyclic amines) is 1. The van der Waals surface area contributed by atoms with Gasteiger partial charge in [0.1, 0.15) is 4.90 Å². The van der Waals surface area contributed by atoms with Gasteiger partial charge < -0.3 is 4.90 Å². The number of carbonyl (C=O) groups is 1. The van der Waals surface area contributed by atoms with Crippen LogP contribution >= 0.6 is 0 Å². The lowest BCUT2D eigenvalue weighted by Crippen LogP contribution is -2.46. The highest BCUT2D eigenvalue weighted by molar-refractivity contribution is 7.89. The third-order valence-electron chi connectivity index (χ3n) is 5.76. The number of piperidine rings is 1. The molecule has 0 bridgehead atoms. The van der Waals surface area contributed by atoms with Gasteiger partial charge >= 0.3 is 0 Å². The van der Waals surface area contributed by atoms with E-state index in [2.05, 4.69) is 24.9 Å². The van der Waals surface area contributed by atoms with Crippen molar-refractivity contribution in [3.05, 3.63) is 46.5 Å². The van der Waals surface area contributed by atoms with Crippen molar-refractivity contribution < 1.29 is 13.2 Å². The second-order valence-electron chi connectivity index (χ2n) is 8.05. The third-order valence-corrected chi connectivity index (χ3v) is 7.54. The summed E-state index contributed by atoms with van der Waals surface area (Å²) >= 11 is 0. The summed E-state index contributed by atoms with van der Waals surface area (Å²) in [5, 5.41) is 6.68. The number of aryl methyl sites for hydroxylation is 4. The number of carbonyl (C=O) groups excluding carboxylic acids is 1. The summed E-state index contributed by atoms with van der Waals surface area (Å²) in [4.78, 5) is 24.0. The number of nitrogens with one attached hydrogen (secondary N) is 2. The Morgan fingerprint density at radius 1 is 1.03 bits per heavy atom. The minimum Gasteiger partial charge on any atom is -0.339 e. The molecule has 4 rings (SSSR count). The van der Waals surface area contributed by atoms with Crippen LogP contribution in [-0.4, -0.2) is 58.5 Å². The highest BCUT2D eigenvalue weighted by atomic mass is 32.2. The second kappa shape index (κ2) is 8.01. The van der Waals surface area contributed by atoms with Crippen LogP contribution in [0.3, 0.4) is 0 Å². The molecule has 9 nitrogen and oxygen atoms in total. The van der Waals surface area contributed by atoms with E-state index in [-0.39, 0.29) is 16.8 Å². The molecule has 10 heteroatoms. The molecule has 1 fully saturated rings. The Balaban J connectivity index is 1.43. The van der Waals surface area contributed by atoms with Gasteiger partial charge in [0, 0.05) is 24.7 Å². The van der Waals surface area contributed by atoms with Crippen LogP contribution in [0.15, 0.2) is 23.1 Å². The maximum Gasteiger partial charge on any atom is 0.253 e. The normalized spacial score (nSPS) is 15.5. The summed E-state index contributed by atoms with van der Waals surface area (Å²) in [7, 11) is -3.66. The van der Waals surface area contributed by atoms with Crippen molar-refractivity contribution in [2.75, 3.05) is 13.1 Å². The van der Waals surface area contributed by atoms with Crippen molar-refractivity contribution in [3.63, 3.8) is 0 Å². The zero-order valence-corrected chi connectivity index (χ0v) is 18.9. The van der Waals surface area contributed by atoms with Crippen LogP contribution < -0.4 is 4.72 Å². The average Bonchev–Trinajstić information content (AvgIpc) is 3.07. The first-order valence-corrected chi connectivity index (χ1v) is 11.7. The summed E-state index contributed by atoms with van der Waals surface area (Å²) in [6.07, 6.45) is 1.10. The van der Waals surface area contributed by atoms with E-state index in [0.717, 1.165) is 16.9 Å². The number of hydrogen-bond donors (Lipinski definition) is 2. The quantitative estimate of drug-likeness (QED) is 0.639. The number of benzene rings is 1. The molecule has 0 unspecified atom stereocenters. The van der Waals surface area contributed by atoms with Gasteiger partial charge in [0.2, 0.25) is 10.0 Å². The zero-order valence-electron chi connectivity index (χ0n) is 18.1. The predicted molar refractivity (Wildman–Crippen MR) is 116 cm³/mol. The Kier molecular flexibility index (Phi) is 5.52. The Morgan fingerprint density at radius 3 is 2.29 bits per heavy atom. The number of H-pyrrole nitrogens is 1. The third kappa shape index (κ3) is 4.17. The molecule has 0 atom stereocenters. The highest BCUT2D eigenvalue weighted by Gasteiger charge is 2.29. The molecule has 3 aromatic rings. The summed E-state index contributed by atoms with van der Waals surface area (Å²) in [6.45, 7) is 8.11. The predicted octanol–water partition coefficient (Wildman–Crippen LogP) is 2.17. The number of amides is 1. The average molecular weight is 443 g/mol. The first-order valence-electron chi connectivity index (χ1n) is 10.2. The molecule has 0 aliphatic carbocycles. The molecule has 1 aromatic carbocycles. The van der Waals surface area contributed by atoms with Gasteiger partial charge in [0.15, 0.2) is 0 Å². The van der Waals surface area contributed by atoms with Crippen molar-refractivity contribution >= 4 is 27.0 Å². The largest absolute Gasteiger partial charge is 0.339 e. The molecule has 2 aromatic heterocycles. The Labute approximate surface area is 181 Å². The molecule has 1 amide bonds. The van der Waals surface area contributed by atoms with E-state index in [1.54, 1.807) is 30.9 Å². The van der Waals surface area contributed by atoms with Crippen LogP contribution in [0.5, 0.6) is 0 Å². The molecular weight excluding hydrogens is 416 g/mol. The fourth-order valence-electron chi connectivity index (χ4n) is 3.96. The summed E-state index contributed by atoms with van der Waals surface area (Å²) < 4.78 is 28.3. The molecule has 0 spiro atoms. The number of fused-ring (bicyclic) bond motifs is 1. The maximum absolute atomic E-state index is 13.0. The van der Waals surface area contributed by atoms with E-state index < -0.39 is 10.0 Å². The van der Waals surface area contributed by atoms with E-state index >= 15 is 0 Å². The number of sulfonamides is 1. The second-order valence-corrected chi connectivity index (χ2v) is 9.70. The van der Waals surface area contributed by atoms with Gasteiger partial charge in [-0.25, -0.2) is 23.1 Å². The van der Waals surface area contributed by atoms with Gasteiger partial charge in [-0.3, -0.25) is 9.89 Å². The highest BCUT2D eigenvalue weighted by Crippen LogP contribution is 2.21. The fraction of sp³-hybridized carbons (Fsp3) is 0.429. The van der Waals surface area contributed by atoms with Gasteiger partial charge in [0.25, 0.3) is 5.91 Å². The van der Waals surface area contributed by atoms with Crippen LogP contribution in [0.25, 0.3) is 11.0 Å². The molecule has 2 N–H and O–H groups in total. The Hall–Kier alpha value is -2.85. The summed E-state index contributed by atoms with van der Waals surface area (Å²) in [5.41, 5.74) is 4.70. The maximum atomic E-state index is 13.0. The number of aromatic amines is 1. The molecule has 164 valence electrons. The van der Waals surface area contributed by atoms with Gasteiger partial charge in [-0.1, -0.05) is 0 Å². The van der Waals surface area contributed by atoms with Crippen LogP contribution in [0.1, 0.15) is 46.0 Å². The van der Waals surface area contributed by atoms with Crippen molar-refractivity contribution in [2.45, 2.75) is 51.5 Å². The lowest BCUT2D eigenvalue weighted by molar-refractivity contribution is 0.0711. The molecule has 1 aliphatic heterocycles. The minimum absolute atomic E-state index is 0.0789. The molecule has 3 heterocycles. The van der Waals surface area contributed by atoms with Crippen LogP contribution in [-0.2, 0) is 10.0 Å². The Bertz CT molecular complexity index is 1240. The zero-order chi connectivity index (χ0) is 22.3. The van der Waals surface area contributed by atoms with E-state index in [9.17, 15) is 13.2 Å². The topological polar surface area (TPSA) is 121 Å². The molecule has 0 radical (unpaired) electrons. The lowest BCUT2D eigenvalue weighted by atomic mass is 10.0. The number of hydrogen-bond acceptors (Lipinski definition) is 6. The van der Waals surface area contributed by atoms with Crippen molar-refractivity contribution in [1.82, 2.24) is 29.8 Å². The smallest absolute Gasteiger partial charge is 0.253 e. The van der Waals surface area contributed by atoms with Crippen LogP contribution in [0, 0.1) is 27.7 Å². The van der Waals surface area contributed by atoms with E-state index in [1.807, 2.05) is 19.9 Å². The fourth-order valence-corrected chi connectivity index (χ4v) is 5.64. The molecule has 1 aliphatic rings. The number of rotatable bonds is 4.